The molecule has 1 aliphatic rings. The minimum atomic E-state index is -0.501. The summed E-state index contributed by atoms with van der Waals surface area (Å²) in [6.45, 7) is 1.99. The molecular formula is C15H20N2O4. The van der Waals surface area contributed by atoms with Gasteiger partial charge in [0.15, 0.2) is 0 Å². The molecule has 0 atom stereocenters. The fourth-order valence-electron chi connectivity index (χ4n) is 2.80. The molecule has 1 aromatic carbocycles. The summed E-state index contributed by atoms with van der Waals surface area (Å²) in [6.07, 6.45) is 4.40. The highest BCUT2D eigenvalue weighted by Crippen LogP contribution is 2.34. The van der Waals surface area contributed by atoms with Crippen molar-refractivity contribution in [2.75, 3.05) is 11.5 Å². The second kappa shape index (κ2) is 7.06. The van der Waals surface area contributed by atoms with Crippen molar-refractivity contribution in [3.8, 4) is 0 Å². The van der Waals surface area contributed by atoms with Crippen molar-refractivity contribution >= 4 is 17.5 Å². The van der Waals surface area contributed by atoms with E-state index >= 15 is 0 Å². The van der Waals surface area contributed by atoms with E-state index in [1.807, 2.05) is 0 Å². The van der Waals surface area contributed by atoms with Gasteiger partial charge >= 0.3 is 6.09 Å². The number of anilines is 1. The van der Waals surface area contributed by atoms with Crippen molar-refractivity contribution in [1.29, 1.82) is 0 Å². The number of carbonyl (C=O) groups is 1. The van der Waals surface area contributed by atoms with Crippen molar-refractivity contribution in [2.45, 2.75) is 45.1 Å². The molecule has 0 bridgehead atoms. The van der Waals surface area contributed by atoms with E-state index in [0.29, 0.717) is 5.69 Å². The zero-order valence-electron chi connectivity index (χ0n) is 12.2. The van der Waals surface area contributed by atoms with Gasteiger partial charge in [-0.2, -0.15) is 0 Å². The van der Waals surface area contributed by atoms with Gasteiger partial charge in [0, 0.05) is 12.1 Å². The van der Waals surface area contributed by atoms with Crippen LogP contribution in [-0.2, 0) is 4.74 Å². The standard InChI is InChI=1S/C15H20N2O4/c1-2-21-15(18)16(12-8-4-3-5-9-12)13-10-6-7-11-14(13)17(19)20/h6-7,10-12H,2-5,8-9H2,1H3. The van der Waals surface area contributed by atoms with Crippen LogP contribution in [-0.4, -0.2) is 23.7 Å². The van der Waals surface area contributed by atoms with Crippen molar-refractivity contribution in [1.82, 2.24) is 0 Å². The molecule has 0 aliphatic heterocycles. The summed E-state index contributed by atoms with van der Waals surface area (Å²) in [5.41, 5.74) is 0.268. The maximum absolute atomic E-state index is 12.3. The lowest BCUT2D eigenvalue weighted by Crippen LogP contribution is -2.42. The summed E-state index contributed by atoms with van der Waals surface area (Å²) >= 11 is 0. The third-order valence-corrected chi connectivity index (χ3v) is 3.74. The predicted octanol–water partition coefficient (Wildman–Crippen LogP) is 3.89. The fraction of sp³-hybridized carbons (Fsp3) is 0.533. The molecule has 0 radical (unpaired) electrons. The molecule has 0 N–H and O–H groups in total. The molecular weight excluding hydrogens is 272 g/mol. The van der Waals surface area contributed by atoms with E-state index < -0.39 is 11.0 Å². The van der Waals surface area contributed by atoms with Crippen LogP contribution in [0.25, 0.3) is 0 Å². The lowest BCUT2D eigenvalue weighted by atomic mass is 9.94. The molecule has 114 valence electrons. The van der Waals surface area contributed by atoms with Crippen LogP contribution in [0.15, 0.2) is 24.3 Å². The first kappa shape index (κ1) is 15.3. The van der Waals surface area contributed by atoms with E-state index in [1.165, 1.54) is 11.0 Å². The van der Waals surface area contributed by atoms with Crippen LogP contribution in [0, 0.1) is 10.1 Å². The van der Waals surface area contributed by atoms with E-state index in [4.69, 9.17) is 4.74 Å². The van der Waals surface area contributed by atoms with E-state index in [2.05, 4.69) is 0 Å². The Morgan fingerprint density at radius 1 is 1.33 bits per heavy atom. The Morgan fingerprint density at radius 2 is 2.00 bits per heavy atom. The lowest BCUT2D eigenvalue weighted by Gasteiger charge is -2.33. The fourth-order valence-corrected chi connectivity index (χ4v) is 2.80. The summed E-state index contributed by atoms with van der Waals surface area (Å²) in [7, 11) is 0. The van der Waals surface area contributed by atoms with Crippen molar-refractivity contribution in [3.63, 3.8) is 0 Å². The highest BCUT2D eigenvalue weighted by atomic mass is 16.6. The molecule has 0 spiro atoms. The molecule has 6 heteroatoms. The van der Waals surface area contributed by atoms with Gasteiger partial charge in [0.1, 0.15) is 5.69 Å². The molecule has 21 heavy (non-hydrogen) atoms. The third-order valence-electron chi connectivity index (χ3n) is 3.74. The average Bonchev–Trinajstić information content (AvgIpc) is 2.49. The molecule has 6 nitrogen and oxygen atoms in total. The molecule has 1 saturated carbocycles. The molecule has 1 amide bonds. The molecule has 1 fully saturated rings. The number of hydrogen-bond acceptors (Lipinski definition) is 4. The smallest absolute Gasteiger partial charge is 0.414 e. The molecule has 2 rings (SSSR count). The van der Waals surface area contributed by atoms with Gasteiger partial charge in [-0.1, -0.05) is 31.4 Å². The number of nitro groups is 1. The Morgan fingerprint density at radius 3 is 2.62 bits per heavy atom. The van der Waals surface area contributed by atoms with Gasteiger partial charge in [-0.15, -0.1) is 0 Å². The second-order valence-electron chi connectivity index (χ2n) is 5.11. The number of nitrogens with zero attached hydrogens (tertiary/aromatic N) is 2. The largest absolute Gasteiger partial charge is 0.449 e. The SMILES string of the molecule is CCOC(=O)N(c1ccccc1[N+](=O)[O-])C1CCCCC1. The van der Waals surface area contributed by atoms with Gasteiger partial charge in [-0.05, 0) is 25.8 Å². The van der Waals surface area contributed by atoms with Crippen molar-refractivity contribution in [2.24, 2.45) is 0 Å². The highest BCUT2D eigenvalue weighted by Gasteiger charge is 2.32. The van der Waals surface area contributed by atoms with E-state index in [-0.39, 0.29) is 18.3 Å². The van der Waals surface area contributed by atoms with Gasteiger partial charge in [-0.25, -0.2) is 4.79 Å². The quantitative estimate of drug-likeness (QED) is 0.623. The van der Waals surface area contributed by atoms with E-state index in [0.717, 1.165) is 32.1 Å². The molecule has 1 aromatic rings. The first-order valence-electron chi connectivity index (χ1n) is 7.34. The van der Waals surface area contributed by atoms with E-state index in [1.54, 1.807) is 25.1 Å². The van der Waals surface area contributed by atoms with Crippen molar-refractivity contribution in [3.05, 3.63) is 34.4 Å². The van der Waals surface area contributed by atoms with Crippen LogP contribution < -0.4 is 4.90 Å². The minimum Gasteiger partial charge on any atom is -0.449 e. The Kier molecular flexibility index (Phi) is 5.14. The average molecular weight is 292 g/mol. The number of hydrogen-bond donors (Lipinski definition) is 0. The number of benzene rings is 1. The topological polar surface area (TPSA) is 72.7 Å². The predicted molar refractivity (Wildman–Crippen MR) is 79.5 cm³/mol. The molecule has 0 heterocycles. The minimum absolute atomic E-state index is 0.0288. The van der Waals surface area contributed by atoms with Gasteiger partial charge in [-0.3, -0.25) is 15.0 Å². The van der Waals surface area contributed by atoms with Gasteiger partial charge < -0.3 is 4.74 Å². The lowest BCUT2D eigenvalue weighted by molar-refractivity contribution is -0.384. The molecule has 0 saturated heterocycles. The first-order chi connectivity index (χ1) is 10.1. The number of carbonyl (C=O) groups excluding carboxylic acids is 1. The van der Waals surface area contributed by atoms with Gasteiger partial charge in [0.2, 0.25) is 0 Å². The van der Waals surface area contributed by atoms with Crippen LogP contribution >= 0.6 is 0 Å². The third kappa shape index (κ3) is 3.51. The number of nitro benzene ring substituents is 1. The molecule has 0 aromatic heterocycles. The maximum Gasteiger partial charge on any atom is 0.414 e. The number of amides is 1. The van der Waals surface area contributed by atoms with Gasteiger partial charge in [0.05, 0.1) is 11.5 Å². The first-order valence-corrected chi connectivity index (χ1v) is 7.34. The molecule has 0 unspecified atom stereocenters. The molecule has 1 aliphatic carbocycles. The summed E-state index contributed by atoms with van der Waals surface area (Å²) in [5, 5.41) is 11.2. The zero-order valence-corrected chi connectivity index (χ0v) is 12.2. The maximum atomic E-state index is 12.3. The Balaban J connectivity index is 2.38. The summed E-state index contributed by atoms with van der Waals surface area (Å²) in [4.78, 5) is 24.5. The highest BCUT2D eigenvalue weighted by molar-refractivity contribution is 5.91. The van der Waals surface area contributed by atoms with E-state index in [9.17, 15) is 14.9 Å². The summed E-state index contributed by atoms with van der Waals surface area (Å²) < 4.78 is 5.11. The van der Waals surface area contributed by atoms with Crippen LogP contribution in [0.3, 0.4) is 0 Å². The Hall–Kier alpha value is -2.11. The monoisotopic (exact) mass is 292 g/mol. The number of para-hydroxylation sites is 2. The van der Waals surface area contributed by atoms with Gasteiger partial charge in [0.25, 0.3) is 5.69 Å². The Bertz CT molecular complexity index is 512. The van der Waals surface area contributed by atoms with Crippen LogP contribution in [0.1, 0.15) is 39.0 Å². The second-order valence-corrected chi connectivity index (χ2v) is 5.11. The van der Waals surface area contributed by atoms with Crippen LogP contribution in [0.5, 0.6) is 0 Å². The number of ether oxygens (including phenoxy) is 1. The Labute approximate surface area is 123 Å². The summed E-state index contributed by atoms with van der Waals surface area (Å²) in [6, 6.07) is 6.32. The van der Waals surface area contributed by atoms with Crippen LogP contribution in [0.2, 0.25) is 0 Å². The zero-order chi connectivity index (χ0) is 15.2. The number of rotatable bonds is 4. The normalized spacial score (nSPS) is 15.5. The van der Waals surface area contributed by atoms with Crippen LogP contribution in [0.4, 0.5) is 16.2 Å². The summed E-state index contributed by atoms with van der Waals surface area (Å²) in [5.74, 6) is 0. The van der Waals surface area contributed by atoms with Crippen molar-refractivity contribution < 1.29 is 14.5 Å².